The molecule has 1 atom stereocenters. The molecule has 1 heterocycles. The summed E-state index contributed by atoms with van der Waals surface area (Å²) in [5, 5.41) is 12.0. The molecule has 68 valence electrons. The summed E-state index contributed by atoms with van der Waals surface area (Å²) in [6.45, 7) is 4.16. The van der Waals surface area contributed by atoms with Crippen LogP contribution >= 0.6 is 0 Å². The van der Waals surface area contributed by atoms with Crippen LogP contribution in [0.15, 0.2) is 18.3 Å². The molecule has 13 heavy (non-hydrogen) atoms. The van der Waals surface area contributed by atoms with E-state index in [4.69, 9.17) is 5.26 Å². The van der Waals surface area contributed by atoms with E-state index in [1.807, 2.05) is 0 Å². The Kier molecular flexibility index (Phi) is 3.27. The highest BCUT2D eigenvalue weighted by Crippen LogP contribution is 2.11. The van der Waals surface area contributed by atoms with Gasteiger partial charge in [0.15, 0.2) is 0 Å². The van der Waals surface area contributed by atoms with Crippen LogP contribution < -0.4 is 5.32 Å². The van der Waals surface area contributed by atoms with E-state index in [1.165, 1.54) is 0 Å². The summed E-state index contributed by atoms with van der Waals surface area (Å²) in [5.74, 6) is 0.680. The third-order valence-corrected chi connectivity index (χ3v) is 1.92. The Morgan fingerprint density at radius 3 is 3.08 bits per heavy atom. The topological polar surface area (TPSA) is 48.7 Å². The van der Waals surface area contributed by atoms with Crippen LogP contribution in [-0.4, -0.2) is 11.0 Å². The summed E-state index contributed by atoms with van der Waals surface area (Å²) in [6.07, 6.45) is 2.70. The highest BCUT2D eigenvalue weighted by molar-refractivity contribution is 5.51. The van der Waals surface area contributed by atoms with Crippen molar-refractivity contribution in [2.24, 2.45) is 0 Å². The van der Waals surface area contributed by atoms with Crippen LogP contribution in [0.5, 0.6) is 0 Å². The lowest BCUT2D eigenvalue weighted by Gasteiger charge is -2.12. The van der Waals surface area contributed by atoms with E-state index in [-0.39, 0.29) is 0 Å². The molecule has 0 saturated carbocycles. The third kappa shape index (κ3) is 2.45. The van der Waals surface area contributed by atoms with E-state index in [9.17, 15) is 0 Å². The minimum Gasteiger partial charge on any atom is -0.367 e. The summed E-state index contributed by atoms with van der Waals surface area (Å²) in [5.41, 5.74) is 0.600. The summed E-state index contributed by atoms with van der Waals surface area (Å²) < 4.78 is 0. The number of hydrogen-bond donors (Lipinski definition) is 1. The molecular weight excluding hydrogens is 162 g/mol. The molecule has 1 aromatic heterocycles. The quantitative estimate of drug-likeness (QED) is 0.765. The van der Waals surface area contributed by atoms with E-state index >= 15 is 0 Å². The van der Waals surface area contributed by atoms with Crippen LogP contribution in [0.4, 0.5) is 5.82 Å². The van der Waals surface area contributed by atoms with Crippen LogP contribution in [-0.2, 0) is 0 Å². The van der Waals surface area contributed by atoms with Crippen LogP contribution in [0.25, 0.3) is 0 Å². The SMILES string of the molecule is CCC(C)Nc1ncccc1C#N. The zero-order valence-corrected chi connectivity index (χ0v) is 7.91. The minimum atomic E-state index is 0.349. The molecule has 0 aliphatic heterocycles. The number of rotatable bonds is 3. The lowest BCUT2D eigenvalue weighted by atomic mass is 10.2. The Morgan fingerprint density at radius 1 is 1.69 bits per heavy atom. The molecule has 3 heteroatoms. The van der Waals surface area contributed by atoms with Gasteiger partial charge >= 0.3 is 0 Å². The van der Waals surface area contributed by atoms with E-state index in [0.717, 1.165) is 6.42 Å². The van der Waals surface area contributed by atoms with Gasteiger partial charge in [-0.1, -0.05) is 6.92 Å². The van der Waals surface area contributed by atoms with Crippen LogP contribution in [0.1, 0.15) is 25.8 Å². The summed E-state index contributed by atoms with van der Waals surface area (Å²) in [6, 6.07) is 5.97. The molecule has 0 bridgehead atoms. The van der Waals surface area contributed by atoms with Crippen molar-refractivity contribution in [3.8, 4) is 6.07 Å². The van der Waals surface area contributed by atoms with E-state index < -0.39 is 0 Å². The second-order valence-corrected chi connectivity index (χ2v) is 2.97. The second kappa shape index (κ2) is 4.46. The lowest BCUT2D eigenvalue weighted by Crippen LogP contribution is -2.15. The number of aromatic nitrogens is 1. The van der Waals surface area contributed by atoms with Crippen LogP contribution in [0.2, 0.25) is 0 Å². The average Bonchev–Trinajstić information content (AvgIpc) is 2.18. The Labute approximate surface area is 78.4 Å². The monoisotopic (exact) mass is 175 g/mol. The molecule has 1 N–H and O–H groups in total. The van der Waals surface area contributed by atoms with Gasteiger partial charge < -0.3 is 5.32 Å². The van der Waals surface area contributed by atoms with Crippen molar-refractivity contribution >= 4 is 5.82 Å². The lowest BCUT2D eigenvalue weighted by molar-refractivity contribution is 0.758. The zero-order valence-electron chi connectivity index (χ0n) is 7.91. The molecule has 0 radical (unpaired) electrons. The fourth-order valence-corrected chi connectivity index (χ4v) is 0.946. The van der Waals surface area contributed by atoms with Gasteiger partial charge in [-0.3, -0.25) is 0 Å². The molecule has 0 aliphatic carbocycles. The van der Waals surface area contributed by atoms with E-state index in [1.54, 1.807) is 18.3 Å². The number of anilines is 1. The van der Waals surface area contributed by atoms with Gasteiger partial charge in [-0.05, 0) is 25.5 Å². The van der Waals surface area contributed by atoms with Crippen molar-refractivity contribution in [2.75, 3.05) is 5.32 Å². The number of pyridine rings is 1. The van der Waals surface area contributed by atoms with Gasteiger partial charge in [-0.25, -0.2) is 4.98 Å². The maximum Gasteiger partial charge on any atom is 0.144 e. The molecule has 1 rings (SSSR count). The first-order valence-electron chi connectivity index (χ1n) is 4.39. The summed E-state index contributed by atoms with van der Waals surface area (Å²) >= 11 is 0. The van der Waals surface area contributed by atoms with Crippen LogP contribution in [0.3, 0.4) is 0 Å². The van der Waals surface area contributed by atoms with Crippen molar-refractivity contribution in [1.82, 2.24) is 4.98 Å². The van der Waals surface area contributed by atoms with E-state index in [2.05, 4.69) is 30.2 Å². The van der Waals surface area contributed by atoms with Gasteiger partial charge in [0.05, 0.1) is 5.56 Å². The van der Waals surface area contributed by atoms with Crippen molar-refractivity contribution in [2.45, 2.75) is 26.3 Å². The van der Waals surface area contributed by atoms with Crippen LogP contribution in [0, 0.1) is 11.3 Å². The molecule has 0 fully saturated rings. The largest absolute Gasteiger partial charge is 0.367 e. The Morgan fingerprint density at radius 2 is 2.46 bits per heavy atom. The highest BCUT2D eigenvalue weighted by atomic mass is 15.0. The summed E-state index contributed by atoms with van der Waals surface area (Å²) in [4.78, 5) is 4.10. The molecular formula is C10H13N3. The van der Waals surface area contributed by atoms with Gasteiger partial charge in [-0.2, -0.15) is 5.26 Å². The van der Waals surface area contributed by atoms with Gasteiger partial charge in [0.2, 0.25) is 0 Å². The van der Waals surface area contributed by atoms with Gasteiger partial charge in [0, 0.05) is 12.2 Å². The van der Waals surface area contributed by atoms with Crippen molar-refractivity contribution in [1.29, 1.82) is 5.26 Å². The van der Waals surface area contributed by atoms with Crippen molar-refractivity contribution < 1.29 is 0 Å². The standard InChI is InChI=1S/C10H13N3/c1-3-8(2)13-10-9(7-11)5-4-6-12-10/h4-6,8H,3H2,1-2H3,(H,12,13). The van der Waals surface area contributed by atoms with Gasteiger partial charge in [-0.15, -0.1) is 0 Å². The maximum absolute atomic E-state index is 8.77. The normalized spacial score (nSPS) is 11.8. The molecule has 0 amide bonds. The average molecular weight is 175 g/mol. The number of nitrogens with one attached hydrogen (secondary N) is 1. The predicted molar refractivity (Wildman–Crippen MR) is 52.3 cm³/mol. The predicted octanol–water partition coefficient (Wildman–Crippen LogP) is 2.16. The molecule has 1 aromatic rings. The Hall–Kier alpha value is -1.56. The molecule has 0 spiro atoms. The minimum absolute atomic E-state index is 0.349. The van der Waals surface area contributed by atoms with E-state index in [0.29, 0.717) is 17.4 Å². The third-order valence-electron chi connectivity index (χ3n) is 1.92. The molecule has 1 unspecified atom stereocenters. The fraction of sp³-hybridized carbons (Fsp3) is 0.400. The zero-order chi connectivity index (χ0) is 9.68. The first kappa shape index (κ1) is 9.53. The fourth-order valence-electron chi connectivity index (χ4n) is 0.946. The Bertz CT molecular complexity index is 314. The molecule has 0 aromatic carbocycles. The number of nitrogens with zero attached hydrogens (tertiary/aromatic N) is 2. The number of nitriles is 1. The van der Waals surface area contributed by atoms with Crippen molar-refractivity contribution in [3.63, 3.8) is 0 Å². The molecule has 0 saturated heterocycles. The van der Waals surface area contributed by atoms with Gasteiger partial charge in [0.25, 0.3) is 0 Å². The number of hydrogen-bond acceptors (Lipinski definition) is 3. The first-order valence-corrected chi connectivity index (χ1v) is 4.39. The smallest absolute Gasteiger partial charge is 0.144 e. The second-order valence-electron chi connectivity index (χ2n) is 2.97. The Balaban J connectivity index is 2.82. The van der Waals surface area contributed by atoms with Crippen molar-refractivity contribution in [3.05, 3.63) is 23.9 Å². The maximum atomic E-state index is 8.77. The molecule has 0 aliphatic rings. The molecule has 3 nitrogen and oxygen atoms in total. The summed E-state index contributed by atoms with van der Waals surface area (Å²) in [7, 11) is 0. The first-order chi connectivity index (χ1) is 6.27. The van der Waals surface area contributed by atoms with Gasteiger partial charge in [0.1, 0.15) is 11.9 Å². The highest BCUT2D eigenvalue weighted by Gasteiger charge is 2.04.